The highest BCUT2D eigenvalue weighted by atomic mass is 32.1. The van der Waals surface area contributed by atoms with Crippen LogP contribution in [0.2, 0.25) is 0 Å². The minimum absolute atomic E-state index is 0.265. The summed E-state index contributed by atoms with van der Waals surface area (Å²) in [7, 11) is 0. The molecule has 38 heavy (non-hydrogen) atoms. The minimum atomic E-state index is -0.265. The maximum atomic E-state index is 12.2. The molecule has 2 aliphatic carbocycles. The van der Waals surface area contributed by atoms with E-state index < -0.39 is 0 Å². The van der Waals surface area contributed by atoms with Crippen molar-refractivity contribution < 1.29 is 9.53 Å². The molecule has 0 bridgehead atoms. The second-order valence-corrected chi connectivity index (χ2v) is 15.0. The molecule has 1 aromatic rings. The molecule has 3 nitrogen and oxygen atoms in total. The quantitative estimate of drug-likeness (QED) is 0.236. The van der Waals surface area contributed by atoms with E-state index in [1.54, 1.807) is 11.3 Å². The van der Waals surface area contributed by atoms with Crippen molar-refractivity contribution in [2.45, 2.75) is 132 Å². The van der Waals surface area contributed by atoms with Gasteiger partial charge in [0.1, 0.15) is 0 Å². The van der Waals surface area contributed by atoms with Crippen molar-refractivity contribution in [3.8, 4) is 0 Å². The topological polar surface area (TPSA) is 38.3 Å². The number of carbonyl (C=O) groups excluding carboxylic acids is 1. The van der Waals surface area contributed by atoms with Crippen molar-refractivity contribution >= 4 is 17.4 Å². The van der Waals surface area contributed by atoms with Crippen LogP contribution in [0.5, 0.6) is 0 Å². The third-order valence-electron chi connectivity index (χ3n) is 11.6. The molecule has 0 spiro atoms. The summed E-state index contributed by atoms with van der Waals surface area (Å²) in [6.07, 6.45) is 16.4. The fourth-order valence-corrected chi connectivity index (χ4v) is 9.55. The standard InChI is InChI=1S/C34H59NO2S/c1-8-19-34(7)28(14-12-23-37-31(36)35-22-18-29-15-13-24-38-29)17-21-33(34,6)26(3)25-27(9-2)30-16-10-11-20-32(30,4)5/h13,15,24,26-28,30H,8-12,14,16-23,25H2,1-7H3,(H,35,36)/t26?,27-,28?,30?,33?,34?/m0/s1. The normalized spacial score (nSPS) is 30.6. The van der Waals surface area contributed by atoms with Gasteiger partial charge in [-0.25, -0.2) is 4.79 Å². The Morgan fingerprint density at radius 3 is 2.61 bits per heavy atom. The average Bonchev–Trinajstić information content (AvgIpc) is 3.48. The van der Waals surface area contributed by atoms with Crippen LogP contribution in [0.4, 0.5) is 4.79 Å². The number of amides is 1. The van der Waals surface area contributed by atoms with E-state index in [1.165, 1.54) is 75.5 Å². The van der Waals surface area contributed by atoms with E-state index in [4.69, 9.17) is 4.74 Å². The van der Waals surface area contributed by atoms with Crippen LogP contribution in [0.25, 0.3) is 0 Å². The van der Waals surface area contributed by atoms with Crippen molar-refractivity contribution in [3.63, 3.8) is 0 Å². The van der Waals surface area contributed by atoms with Gasteiger partial charge in [0, 0.05) is 11.4 Å². The van der Waals surface area contributed by atoms with Crippen LogP contribution in [0.1, 0.15) is 130 Å². The summed E-state index contributed by atoms with van der Waals surface area (Å²) >= 11 is 1.73. The zero-order valence-corrected chi connectivity index (χ0v) is 26.7. The molecule has 0 saturated heterocycles. The molecule has 1 amide bonds. The lowest BCUT2D eigenvalue weighted by atomic mass is 9.54. The summed E-state index contributed by atoms with van der Waals surface area (Å²) in [6, 6.07) is 4.17. The lowest BCUT2D eigenvalue weighted by Gasteiger charge is -2.51. The van der Waals surface area contributed by atoms with Crippen LogP contribution in [0.3, 0.4) is 0 Å². The summed E-state index contributed by atoms with van der Waals surface area (Å²) < 4.78 is 5.56. The Labute approximate surface area is 239 Å². The van der Waals surface area contributed by atoms with Crippen molar-refractivity contribution in [2.24, 2.45) is 39.9 Å². The SMILES string of the molecule is CCCC1(C)C(CCCOC(=O)NCCc2cccs2)CCC1(C)C(C)C[C@H](CC)C1CCCCC1(C)C. The number of hydrogen-bond donors (Lipinski definition) is 1. The first-order valence-electron chi connectivity index (χ1n) is 16.0. The van der Waals surface area contributed by atoms with E-state index in [0.29, 0.717) is 29.4 Å². The molecular formula is C34H59NO2S. The van der Waals surface area contributed by atoms with Crippen molar-refractivity contribution in [1.82, 2.24) is 5.32 Å². The number of alkyl carbamates (subject to hydrolysis) is 1. The van der Waals surface area contributed by atoms with Crippen LogP contribution < -0.4 is 5.32 Å². The van der Waals surface area contributed by atoms with Gasteiger partial charge in [0.25, 0.3) is 0 Å². The molecule has 0 aromatic carbocycles. The molecule has 3 rings (SSSR count). The number of nitrogens with one attached hydrogen (secondary N) is 1. The Bertz CT molecular complexity index is 836. The molecular weight excluding hydrogens is 486 g/mol. The number of rotatable bonds is 14. The summed E-state index contributed by atoms with van der Waals surface area (Å²) in [6.45, 7) is 18.9. The Balaban J connectivity index is 1.53. The third-order valence-corrected chi connectivity index (χ3v) is 12.5. The summed E-state index contributed by atoms with van der Waals surface area (Å²) in [5, 5.41) is 4.99. The maximum absolute atomic E-state index is 12.2. The molecule has 2 aliphatic rings. The van der Waals surface area contributed by atoms with Crippen LogP contribution >= 0.6 is 11.3 Å². The second-order valence-electron chi connectivity index (χ2n) is 14.0. The smallest absolute Gasteiger partial charge is 0.407 e. The molecule has 1 aromatic heterocycles. The number of ether oxygens (including phenoxy) is 1. The Morgan fingerprint density at radius 1 is 1.16 bits per heavy atom. The van der Waals surface area contributed by atoms with E-state index >= 15 is 0 Å². The fourth-order valence-electron chi connectivity index (χ4n) is 8.84. The molecule has 1 N–H and O–H groups in total. The highest BCUT2D eigenvalue weighted by Gasteiger charge is 2.55. The highest BCUT2D eigenvalue weighted by molar-refractivity contribution is 7.09. The number of thiophene rings is 1. The van der Waals surface area contributed by atoms with Gasteiger partial charge < -0.3 is 10.1 Å². The van der Waals surface area contributed by atoms with E-state index in [-0.39, 0.29) is 6.09 Å². The maximum Gasteiger partial charge on any atom is 0.407 e. The number of hydrogen-bond acceptors (Lipinski definition) is 3. The van der Waals surface area contributed by atoms with Crippen LogP contribution in [0, 0.1) is 39.9 Å². The first-order chi connectivity index (χ1) is 18.1. The predicted molar refractivity (Wildman–Crippen MR) is 164 cm³/mol. The number of carbonyl (C=O) groups is 1. The van der Waals surface area contributed by atoms with Gasteiger partial charge in [-0.05, 0) is 109 Å². The first kappa shape index (κ1) is 31.5. The van der Waals surface area contributed by atoms with Gasteiger partial charge in [-0.3, -0.25) is 0 Å². The molecule has 2 saturated carbocycles. The van der Waals surface area contributed by atoms with Crippen LogP contribution in [0.15, 0.2) is 17.5 Å². The molecule has 5 unspecified atom stereocenters. The second kappa shape index (κ2) is 14.0. The summed E-state index contributed by atoms with van der Waals surface area (Å²) in [5.74, 6) is 3.22. The van der Waals surface area contributed by atoms with Crippen molar-refractivity contribution in [3.05, 3.63) is 22.4 Å². The largest absolute Gasteiger partial charge is 0.450 e. The van der Waals surface area contributed by atoms with E-state index in [1.807, 2.05) is 0 Å². The summed E-state index contributed by atoms with van der Waals surface area (Å²) in [4.78, 5) is 13.5. The average molecular weight is 546 g/mol. The van der Waals surface area contributed by atoms with Crippen molar-refractivity contribution in [2.75, 3.05) is 13.2 Å². The lowest BCUT2D eigenvalue weighted by Crippen LogP contribution is -2.43. The van der Waals surface area contributed by atoms with E-state index in [9.17, 15) is 4.79 Å². The van der Waals surface area contributed by atoms with Gasteiger partial charge in [-0.15, -0.1) is 11.3 Å². The van der Waals surface area contributed by atoms with Gasteiger partial charge in [0.2, 0.25) is 0 Å². The minimum Gasteiger partial charge on any atom is -0.450 e. The third kappa shape index (κ3) is 7.38. The monoisotopic (exact) mass is 545 g/mol. The first-order valence-corrected chi connectivity index (χ1v) is 16.9. The van der Waals surface area contributed by atoms with Gasteiger partial charge in [-0.2, -0.15) is 0 Å². The fraction of sp³-hybridized carbons (Fsp3) is 0.853. The van der Waals surface area contributed by atoms with E-state index in [2.05, 4.69) is 71.3 Å². The zero-order chi connectivity index (χ0) is 27.8. The molecule has 2 fully saturated rings. The predicted octanol–water partition coefficient (Wildman–Crippen LogP) is 10.3. The van der Waals surface area contributed by atoms with Gasteiger partial charge in [0.15, 0.2) is 0 Å². The molecule has 218 valence electrons. The molecule has 0 radical (unpaired) electrons. The van der Waals surface area contributed by atoms with Gasteiger partial charge in [-0.1, -0.05) is 80.2 Å². The Hall–Kier alpha value is -1.03. The molecule has 4 heteroatoms. The zero-order valence-electron chi connectivity index (χ0n) is 25.9. The Kier molecular flexibility index (Phi) is 11.6. The summed E-state index contributed by atoms with van der Waals surface area (Å²) in [5.41, 5.74) is 1.26. The molecule has 1 heterocycles. The van der Waals surface area contributed by atoms with Crippen LogP contribution in [-0.2, 0) is 11.2 Å². The van der Waals surface area contributed by atoms with Gasteiger partial charge >= 0.3 is 6.09 Å². The highest BCUT2D eigenvalue weighted by Crippen LogP contribution is 2.64. The van der Waals surface area contributed by atoms with Crippen LogP contribution in [-0.4, -0.2) is 19.2 Å². The molecule has 0 aliphatic heterocycles. The Morgan fingerprint density at radius 2 is 1.95 bits per heavy atom. The molecule has 6 atom stereocenters. The lowest BCUT2D eigenvalue weighted by molar-refractivity contribution is -0.0193. The van der Waals surface area contributed by atoms with Crippen molar-refractivity contribution in [1.29, 1.82) is 0 Å². The van der Waals surface area contributed by atoms with E-state index in [0.717, 1.165) is 36.5 Å². The van der Waals surface area contributed by atoms with Gasteiger partial charge in [0.05, 0.1) is 6.61 Å².